The molecule has 0 aliphatic heterocycles. The summed E-state index contributed by atoms with van der Waals surface area (Å²) in [4.78, 5) is 7.87. The Balaban J connectivity index is 2.27. The molecule has 1 heterocycles. The molecule has 5 nitrogen and oxygen atoms in total. The fourth-order valence-electron chi connectivity index (χ4n) is 0.694. The van der Waals surface area contributed by atoms with Gasteiger partial charge in [0.25, 0.3) is 0 Å². The number of hydrogen-bond acceptors (Lipinski definition) is 4. The van der Waals surface area contributed by atoms with Crippen molar-refractivity contribution in [2.75, 3.05) is 12.0 Å². The van der Waals surface area contributed by atoms with Gasteiger partial charge in [-0.1, -0.05) is 6.08 Å². The van der Waals surface area contributed by atoms with Gasteiger partial charge in [-0.25, -0.2) is 4.98 Å². The summed E-state index contributed by atoms with van der Waals surface area (Å²) in [7, 11) is 0. The van der Waals surface area contributed by atoms with Crippen LogP contribution in [0.15, 0.2) is 31.2 Å². The van der Waals surface area contributed by atoms with Gasteiger partial charge in [0.15, 0.2) is 10.9 Å². The third-order valence-electron chi connectivity index (χ3n) is 1.27. The minimum atomic E-state index is 0.482. The van der Waals surface area contributed by atoms with Gasteiger partial charge in [0.1, 0.15) is 0 Å². The summed E-state index contributed by atoms with van der Waals surface area (Å²) in [5.74, 6) is 0.607. The predicted molar refractivity (Wildman–Crippen MR) is 59.6 cm³/mol. The molecule has 3 N–H and O–H groups in total. The van der Waals surface area contributed by atoms with Gasteiger partial charge in [-0.15, -0.1) is 6.58 Å². The first-order valence-electron chi connectivity index (χ1n) is 3.99. The highest BCUT2D eigenvalue weighted by Crippen LogP contribution is 1.92. The summed E-state index contributed by atoms with van der Waals surface area (Å²) in [6.45, 7) is 4.18. The average molecular weight is 209 g/mol. The minimum Gasteiger partial charge on any atom is -0.358 e. The van der Waals surface area contributed by atoms with Crippen LogP contribution < -0.4 is 16.2 Å². The molecule has 0 spiro atoms. The zero-order valence-electron chi connectivity index (χ0n) is 7.53. The smallest absolute Gasteiger partial charge is 0.185 e. The molecule has 0 atom stereocenters. The molecular formula is C8H11N5S. The van der Waals surface area contributed by atoms with Crippen LogP contribution in [0.4, 0.5) is 5.82 Å². The summed E-state index contributed by atoms with van der Waals surface area (Å²) in [6.07, 6.45) is 6.49. The lowest BCUT2D eigenvalue weighted by molar-refractivity contribution is 0.967. The zero-order chi connectivity index (χ0) is 10.2. The quantitative estimate of drug-likeness (QED) is 0.380. The lowest BCUT2D eigenvalue weighted by Crippen LogP contribution is -2.38. The van der Waals surface area contributed by atoms with Gasteiger partial charge in [0.05, 0.1) is 6.20 Å². The second kappa shape index (κ2) is 5.87. The molecule has 0 radical (unpaired) electrons. The maximum absolute atomic E-state index is 4.94. The van der Waals surface area contributed by atoms with Crippen LogP contribution in [0.1, 0.15) is 0 Å². The Kier molecular flexibility index (Phi) is 4.36. The molecule has 0 bridgehead atoms. The number of nitrogens with zero attached hydrogens (tertiary/aromatic N) is 2. The van der Waals surface area contributed by atoms with Crippen molar-refractivity contribution in [3.8, 4) is 0 Å². The van der Waals surface area contributed by atoms with Crippen molar-refractivity contribution in [3.63, 3.8) is 0 Å². The molecule has 0 unspecified atom stereocenters. The van der Waals surface area contributed by atoms with Crippen molar-refractivity contribution in [1.29, 1.82) is 0 Å². The Morgan fingerprint density at radius 3 is 3.07 bits per heavy atom. The lowest BCUT2D eigenvalue weighted by atomic mass is 10.6. The Labute approximate surface area is 87.6 Å². The first-order chi connectivity index (χ1) is 6.83. The van der Waals surface area contributed by atoms with E-state index in [-0.39, 0.29) is 0 Å². The van der Waals surface area contributed by atoms with Gasteiger partial charge >= 0.3 is 0 Å². The van der Waals surface area contributed by atoms with E-state index < -0.39 is 0 Å². The summed E-state index contributed by atoms with van der Waals surface area (Å²) in [5, 5.41) is 3.38. The molecule has 6 heteroatoms. The summed E-state index contributed by atoms with van der Waals surface area (Å²) in [6, 6.07) is 0. The van der Waals surface area contributed by atoms with Gasteiger partial charge in [0, 0.05) is 18.9 Å². The topological polar surface area (TPSA) is 61.9 Å². The van der Waals surface area contributed by atoms with Crippen molar-refractivity contribution in [1.82, 2.24) is 20.7 Å². The first-order valence-corrected chi connectivity index (χ1v) is 4.40. The highest BCUT2D eigenvalue weighted by atomic mass is 32.1. The normalized spacial score (nSPS) is 8.86. The van der Waals surface area contributed by atoms with Crippen LogP contribution in [0.2, 0.25) is 0 Å². The maximum atomic E-state index is 4.94. The van der Waals surface area contributed by atoms with E-state index in [1.807, 2.05) is 0 Å². The lowest BCUT2D eigenvalue weighted by Gasteiger charge is -2.09. The third kappa shape index (κ3) is 3.81. The number of anilines is 1. The maximum Gasteiger partial charge on any atom is 0.185 e. The Morgan fingerprint density at radius 1 is 1.57 bits per heavy atom. The van der Waals surface area contributed by atoms with Gasteiger partial charge < -0.3 is 5.32 Å². The van der Waals surface area contributed by atoms with Crippen molar-refractivity contribution < 1.29 is 0 Å². The molecule has 0 aromatic carbocycles. The fraction of sp³-hybridized carbons (Fsp3) is 0.125. The Hall–Kier alpha value is -1.69. The van der Waals surface area contributed by atoms with Crippen molar-refractivity contribution in [3.05, 3.63) is 31.2 Å². The van der Waals surface area contributed by atoms with Gasteiger partial charge in [-0.3, -0.25) is 15.8 Å². The highest BCUT2D eigenvalue weighted by molar-refractivity contribution is 7.80. The highest BCUT2D eigenvalue weighted by Gasteiger charge is 1.93. The van der Waals surface area contributed by atoms with E-state index >= 15 is 0 Å². The van der Waals surface area contributed by atoms with Crippen molar-refractivity contribution in [2.24, 2.45) is 0 Å². The van der Waals surface area contributed by atoms with E-state index in [2.05, 4.69) is 32.7 Å². The fourth-order valence-corrected chi connectivity index (χ4v) is 0.828. The average Bonchev–Trinajstić information content (AvgIpc) is 2.25. The molecule has 1 aromatic heterocycles. The largest absolute Gasteiger partial charge is 0.358 e. The number of hydrogen-bond donors (Lipinski definition) is 3. The van der Waals surface area contributed by atoms with Crippen LogP contribution in [0.3, 0.4) is 0 Å². The second-order valence-corrected chi connectivity index (χ2v) is 2.75. The summed E-state index contributed by atoms with van der Waals surface area (Å²) in [5.41, 5.74) is 5.55. The third-order valence-corrected chi connectivity index (χ3v) is 1.52. The van der Waals surface area contributed by atoms with Gasteiger partial charge in [-0.05, 0) is 12.2 Å². The number of thiocarbonyl (C=S) groups is 1. The van der Waals surface area contributed by atoms with E-state index in [1.165, 1.54) is 0 Å². The van der Waals surface area contributed by atoms with Crippen LogP contribution in [0.5, 0.6) is 0 Å². The van der Waals surface area contributed by atoms with E-state index in [0.29, 0.717) is 17.5 Å². The number of hydrazine groups is 1. The molecule has 0 saturated carbocycles. The van der Waals surface area contributed by atoms with E-state index in [0.717, 1.165) is 0 Å². The number of nitrogens with one attached hydrogen (secondary N) is 3. The molecule has 0 aliphatic carbocycles. The van der Waals surface area contributed by atoms with E-state index in [1.54, 1.807) is 24.7 Å². The second-order valence-electron chi connectivity index (χ2n) is 2.34. The SMILES string of the molecule is C=CCNC(=S)NNc1cnccn1. The van der Waals surface area contributed by atoms with Crippen LogP contribution in [-0.2, 0) is 0 Å². The first kappa shape index (κ1) is 10.4. The molecule has 0 saturated heterocycles. The molecule has 14 heavy (non-hydrogen) atoms. The van der Waals surface area contributed by atoms with Crippen LogP contribution in [-0.4, -0.2) is 21.6 Å². The zero-order valence-corrected chi connectivity index (χ0v) is 8.34. The molecule has 1 aromatic rings. The van der Waals surface area contributed by atoms with Crippen LogP contribution in [0, 0.1) is 0 Å². The molecule has 1 rings (SSSR count). The molecule has 74 valence electrons. The molecule has 0 fully saturated rings. The van der Waals surface area contributed by atoms with Gasteiger partial charge in [-0.2, -0.15) is 0 Å². The predicted octanol–water partition coefficient (Wildman–Crippen LogP) is 0.454. The standard InChI is InChI=1S/C8H11N5S/c1-2-3-11-8(14)13-12-7-6-9-4-5-10-7/h2,4-6H,1,3H2,(H,10,12)(H2,11,13,14). The van der Waals surface area contributed by atoms with E-state index in [9.17, 15) is 0 Å². The summed E-state index contributed by atoms with van der Waals surface area (Å²) >= 11 is 4.94. The Bertz CT molecular complexity index is 300. The minimum absolute atomic E-state index is 0.482. The van der Waals surface area contributed by atoms with Crippen molar-refractivity contribution in [2.45, 2.75) is 0 Å². The van der Waals surface area contributed by atoms with E-state index in [4.69, 9.17) is 12.2 Å². The monoisotopic (exact) mass is 209 g/mol. The number of aromatic nitrogens is 2. The summed E-state index contributed by atoms with van der Waals surface area (Å²) < 4.78 is 0. The van der Waals surface area contributed by atoms with Crippen LogP contribution in [0.25, 0.3) is 0 Å². The van der Waals surface area contributed by atoms with Crippen LogP contribution >= 0.6 is 12.2 Å². The molecule has 0 aliphatic rings. The van der Waals surface area contributed by atoms with Crippen molar-refractivity contribution >= 4 is 23.1 Å². The van der Waals surface area contributed by atoms with Gasteiger partial charge in [0.2, 0.25) is 0 Å². The Morgan fingerprint density at radius 2 is 2.43 bits per heavy atom. The molecular weight excluding hydrogens is 198 g/mol. The molecule has 0 amide bonds. The number of rotatable bonds is 4.